The lowest BCUT2D eigenvalue weighted by atomic mass is 9.75. The molecule has 2 heteroatoms. The van der Waals surface area contributed by atoms with Crippen LogP contribution in [0, 0.1) is 23.7 Å². The van der Waals surface area contributed by atoms with E-state index in [9.17, 15) is 4.79 Å². The molecule has 2 saturated carbocycles. The van der Waals surface area contributed by atoms with Gasteiger partial charge in [0, 0.05) is 24.9 Å². The first-order valence-electron chi connectivity index (χ1n) is 9.24. The quantitative estimate of drug-likeness (QED) is 0.742. The predicted octanol–water partition coefficient (Wildman–Crippen LogP) is 4.53. The highest BCUT2D eigenvalue weighted by atomic mass is 16.1. The summed E-state index contributed by atoms with van der Waals surface area (Å²) in [5, 5.41) is 0. The molecule has 2 atom stereocenters. The van der Waals surface area contributed by atoms with Crippen LogP contribution in [0.2, 0.25) is 0 Å². The minimum absolute atomic E-state index is 0.306. The molecule has 0 amide bonds. The van der Waals surface area contributed by atoms with Crippen LogP contribution in [-0.4, -0.2) is 30.3 Å². The number of carbonyl (C=O) groups excluding carboxylic acids is 1. The molecule has 0 saturated heterocycles. The van der Waals surface area contributed by atoms with Crippen molar-refractivity contribution >= 4 is 5.78 Å². The lowest BCUT2D eigenvalue weighted by Crippen LogP contribution is -2.42. The highest BCUT2D eigenvalue weighted by Gasteiger charge is 2.32. The van der Waals surface area contributed by atoms with E-state index in [2.05, 4.69) is 32.7 Å². The maximum absolute atomic E-state index is 12.3. The zero-order valence-electron chi connectivity index (χ0n) is 14.6. The van der Waals surface area contributed by atoms with E-state index in [0.717, 1.165) is 49.6 Å². The summed E-state index contributed by atoms with van der Waals surface area (Å²) in [6.45, 7) is 7.95. The van der Waals surface area contributed by atoms with Gasteiger partial charge in [-0.1, -0.05) is 27.2 Å². The van der Waals surface area contributed by atoms with Gasteiger partial charge in [-0.2, -0.15) is 0 Å². The maximum atomic E-state index is 12.3. The average Bonchev–Trinajstić information content (AvgIpc) is 2.49. The van der Waals surface area contributed by atoms with Crippen molar-refractivity contribution in [1.82, 2.24) is 4.90 Å². The Balaban J connectivity index is 1.83. The van der Waals surface area contributed by atoms with E-state index in [-0.39, 0.29) is 0 Å². The summed E-state index contributed by atoms with van der Waals surface area (Å²) in [4.78, 5) is 14.8. The van der Waals surface area contributed by atoms with Gasteiger partial charge < -0.3 is 4.90 Å². The molecule has 0 aromatic carbocycles. The zero-order chi connectivity index (χ0) is 15.4. The van der Waals surface area contributed by atoms with Crippen LogP contribution in [0.15, 0.2) is 0 Å². The van der Waals surface area contributed by atoms with Gasteiger partial charge >= 0.3 is 0 Å². The standard InChI is InChI=1S/C19H35NO/c1-5-15-6-9-18(10-7-15)20(4)13-17-12-16(14(2)3)8-11-19(17)21/h14-18H,5-13H2,1-4H3. The fraction of sp³-hybridized carbons (Fsp3) is 0.947. The summed E-state index contributed by atoms with van der Waals surface area (Å²) in [5.74, 6) is 3.28. The lowest BCUT2D eigenvalue weighted by Gasteiger charge is -2.38. The third-order valence-corrected chi connectivity index (χ3v) is 6.27. The molecule has 2 fully saturated rings. The fourth-order valence-corrected chi connectivity index (χ4v) is 4.42. The predicted molar refractivity (Wildman–Crippen MR) is 89.3 cm³/mol. The fourth-order valence-electron chi connectivity index (χ4n) is 4.42. The summed E-state index contributed by atoms with van der Waals surface area (Å²) in [6.07, 6.45) is 9.87. The van der Waals surface area contributed by atoms with E-state index in [0.29, 0.717) is 11.7 Å². The van der Waals surface area contributed by atoms with Crippen LogP contribution in [-0.2, 0) is 4.79 Å². The van der Waals surface area contributed by atoms with Crippen molar-refractivity contribution in [3.8, 4) is 0 Å². The van der Waals surface area contributed by atoms with Gasteiger partial charge in [0.2, 0.25) is 0 Å². The molecular formula is C19H35NO. The van der Waals surface area contributed by atoms with Crippen molar-refractivity contribution in [3.63, 3.8) is 0 Å². The second kappa shape index (κ2) is 7.76. The molecule has 122 valence electrons. The molecule has 0 aliphatic heterocycles. The first-order chi connectivity index (χ1) is 10.0. The Morgan fingerprint density at radius 2 is 1.81 bits per heavy atom. The van der Waals surface area contributed by atoms with E-state index in [1.165, 1.54) is 32.1 Å². The smallest absolute Gasteiger partial charge is 0.137 e. The molecule has 2 unspecified atom stereocenters. The Kier molecular flexibility index (Phi) is 6.28. The van der Waals surface area contributed by atoms with Gasteiger partial charge in [-0.05, 0) is 63.3 Å². The van der Waals surface area contributed by atoms with E-state index in [4.69, 9.17) is 0 Å². The van der Waals surface area contributed by atoms with Gasteiger partial charge in [0.25, 0.3) is 0 Å². The van der Waals surface area contributed by atoms with Gasteiger partial charge in [-0.15, -0.1) is 0 Å². The first kappa shape index (κ1) is 17.0. The number of hydrogen-bond acceptors (Lipinski definition) is 2. The molecule has 2 aliphatic carbocycles. The molecule has 0 aromatic heterocycles. The van der Waals surface area contributed by atoms with Gasteiger partial charge in [-0.25, -0.2) is 0 Å². The van der Waals surface area contributed by atoms with Crippen LogP contribution in [0.3, 0.4) is 0 Å². The second-order valence-corrected chi connectivity index (χ2v) is 7.96. The Bertz CT molecular complexity index is 330. The Morgan fingerprint density at radius 1 is 1.14 bits per heavy atom. The molecule has 21 heavy (non-hydrogen) atoms. The van der Waals surface area contributed by atoms with Crippen LogP contribution < -0.4 is 0 Å². The Labute approximate surface area is 131 Å². The molecule has 2 rings (SSSR count). The van der Waals surface area contributed by atoms with E-state index >= 15 is 0 Å². The first-order valence-corrected chi connectivity index (χ1v) is 9.24. The average molecular weight is 293 g/mol. The summed E-state index contributed by atoms with van der Waals surface area (Å²) in [5.41, 5.74) is 0. The van der Waals surface area contributed by atoms with Crippen molar-refractivity contribution in [1.29, 1.82) is 0 Å². The summed E-state index contributed by atoms with van der Waals surface area (Å²) >= 11 is 0. The zero-order valence-corrected chi connectivity index (χ0v) is 14.6. The van der Waals surface area contributed by atoms with Crippen LogP contribution in [0.4, 0.5) is 0 Å². The molecule has 0 bridgehead atoms. The molecule has 2 nitrogen and oxygen atoms in total. The highest BCUT2D eigenvalue weighted by Crippen LogP contribution is 2.34. The Hall–Kier alpha value is -0.370. The molecule has 2 aliphatic rings. The van der Waals surface area contributed by atoms with Crippen molar-refractivity contribution in [3.05, 3.63) is 0 Å². The van der Waals surface area contributed by atoms with Gasteiger partial charge in [0.15, 0.2) is 0 Å². The number of nitrogens with zero attached hydrogens (tertiary/aromatic N) is 1. The maximum Gasteiger partial charge on any atom is 0.137 e. The lowest BCUT2D eigenvalue weighted by molar-refractivity contribution is -0.126. The highest BCUT2D eigenvalue weighted by molar-refractivity contribution is 5.82. The minimum Gasteiger partial charge on any atom is -0.303 e. The van der Waals surface area contributed by atoms with E-state index < -0.39 is 0 Å². The van der Waals surface area contributed by atoms with Gasteiger partial charge in [-0.3, -0.25) is 4.79 Å². The van der Waals surface area contributed by atoms with Crippen molar-refractivity contribution in [2.75, 3.05) is 13.6 Å². The van der Waals surface area contributed by atoms with E-state index in [1.54, 1.807) is 0 Å². The van der Waals surface area contributed by atoms with Crippen molar-refractivity contribution < 1.29 is 4.79 Å². The van der Waals surface area contributed by atoms with Crippen LogP contribution in [0.25, 0.3) is 0 Å². The number of hydrogen-bond donors (Lipinski definition) is 0. The number of carbonyl (C=O) groups is 1. The largest absolute Gasteiger partial charge is 0.303 e. The normalized spacial score (nSPS) is 34.7. The molecule has 0 radical (unpaired) electrons. The van der Waals surface area contributed by atoms with Crippen molar-refractivity contribution in [2.24, 2.45) is 23.7 Å². The third kappa shape index (κ3) is 4.55. The summed E-state index contributed by atoms with van der Waals surface area (Å²) in [6, 6.07) is 0.722. The molecule has 0 N–H and O–H groups in total. The Morgan fingerprint density at radius 3 is 2.38 bits per heavy atom. The third-order valence-electron chi connectivity index (χ3n) is 6.27. The second-order valence-electron chi connectivity index (χ2n) is 7.96. The van der Waals surface area contributed by atoms with Gasteiger partial charge in [0.05, 0.1) is 0 Å². The minimum atomic E-state index is 0.306. The van der Waals surface area contributed by atoms with Crippen molar-refractivity contribution in [2.45, 2.75) is 78.2 Å². The molecule has 0 aromatic rings. The van der Waals surface area contributed by atoms with Crippen LogP contribution >= 0.6 is 0 Å². The van der Waals surface area contributed by atoms with E-state index in [1.807, 2.05) is 0 Å². The molecule has 0 heterocycles. The molecular weight excluding hydrogens is 258 g/mol. The van der Waals surface area contributed by atoms with Crippen LogP contribution in [0.5, 0.6) is 0 Å². The van der Waals surface area contributed by atoms with Gasteiger partial charge in [0.1, 0.15) is 5.78 Å². The number of ketones is 1. The summed E-state index contributed by atoms with van der Waals surface area (Å²) in [7, 11) is 2.25. The molecule has 0 spiro atoms. The number of Topliss-reactive ketones (excluding diaryl/α,β-unsaturated/α-hetero) is 1. The topological polar surface area (TPSA) is 20.3 Å². The summed E-state index contributed by atoms with van der Waals surface area (Å²) < 4.78 is 0. The number of rotatable bonds is 5. The van der Waals surface area contributed by atoms with Crippen LogP contribution in [0.1, 0.15) is 72.1 Å². The SMILES string of the molecule is CCC1CCC(N(C)CC2CC(C(C)C)CCC2=O)CC1. The monoisotopic (exact) mass is 293 g/mol.